The van der Waals surface area contributed by atoms with Crippen molar-refractivity contribution in [3.05, 3.63) is 60.2 Å². The minimum Gasteiger partial charge on any atom is -0.489 e. The van der Waals surface area contributed by atoms with E-state index in [-0.39, 0.29) is 4.90 Å². The van der Waals surface area contributed by atoms with E-state index in [1.807, 2.05) is 30.3 Å². The molecule has 114 valence electrons. The summed E-state index contributed by atoms with van der Waals surface area (Å²) in [6, 6.07) is 15.7. The predicted molar refractivity (Wildman–Crippen MR) is 86.2 cm³/mol. The van der Waals surface area contributed by atoms with Crippen molar-refractivity contribution >= 4 is 19.7 Å². The van der Waals surface area contributed by atoms with Crippen LogP contribution >= 0.6 is 10.7 Å². The summed E-state index contributed by atoms with van der Waals surface area (Å²) >= 11 is 0. The summed E-state index contributed by atoms with van der Waals surface area (Å²) < 4.78 is 27.8. The fourth-order valence-electron chi connectivity index (χ4n) is 1.46. The smallest absolute Gasteiger partial charge is 0.261 e. The molecule has 0 atom stereocenters. The summed E-state index contributed by atoms with van der Waals surface area (Å²) in [7, 11) is 1.55. The molecular formula is C16H19ClO3S. The number of hydrogen-bond donors (Lipinski definition) is 0. The summed E-state index contributed by atoms with van der Waals surface area (Å²) in [6.45, 7) is 4.63. The van der Waals surface area contributed by atoms with Gasteiger partial charge in [-0.05, 0) is 17.7 Å². The quantitative estimate of drug-likeness (QED) is 0.771. The van der Waals surface area contributed by atoms with Gasteiger partial charge in [0.15, 0.2) is 0 Å². The number of rotatable bonds is 4. The third-order valence-corrected chi connectivity index (χ3v) is 3.69. The molecule has 3 nitrogen and oxygen atoms in total. The Labute approximate surface area is 131 Å². The average Bonchev–Trinajstić information content (AvgIpc) is 2.46. The molecular weight excluding hydrogens is 308 g/mol. The number of ether oxygens (including phenoxy) is 1. The van der Waals surface area contributed by atoms with Gasteiger partial charge in [-0.1, -0.05) is 56.7 Å². The summed E-state index contributed by atoms with van der Waals surface area (Å²) in [6.07, 6.45) is 1.25. The van der Waals surface area contributed by atoms with E-state index in [1.165, 1.54) is 18.6 Å². The molecule has 0 aromatic heterocycles. The molecule has 0 spiro atoms. The van der Waals surface area contributed by atoms with Crippen LogP contribution < -0.4 is 4.74 Å². The van der Waals surface area contributed by atoms with Crippen molar-refractivity contribution in [2.45, 2.75) is 31.8 Å². The minimum absolute atomic E-state index is 0.0368. The molecule has 0 heterocycles. The molecule has 2 aromatic carbocycles. The third-order valence-electron chi connectivity index (χ3n) is 2.34. The molecule has 2 aromatic rings. The molecule has 5 heteroatoms. The van der Waals surface area contributed by atoms with Gasteiger partial charge in [-0.15, -0.1) is 0 Å². The van der Waals surface area contributed by atoms with Gasteiger partial charge in [-0.2, -0.15) is 0 Å². The first-order valence-corrected chi connectivity index (χ1v) is 8.99. The lowest BCUT2D eigenvalue weighted by molar-refractivity contribution is 0.305. The second kappa shape index (κ2) is 8.70. The molecule has 0 unspecified atom stereocenters. The maximum Gasteiger partial charge on any atom is 0.261 e. The van der Waals surface area contributed by atoms with Gasteiger partial charge in [0, 0.05) is 16.7 Å². The van der Waals surface area contributed by atoms with Crippen LogP contribution in [0.3, 0.4) is 0 Å². The van der Waals surface area contributed by atoms with Crippen LogP contribution in [0.5, 0.6) is 5.75 Å². The zero-order valence-electron chi connectivity index (χ0n) is 12.1. The highest BCUT2D eigenvalue weighted by Crippen LogP contribution is 2.21. The topological polar surface area (TPSA) is 43.4 Å². The highest BCUT2D eigenvalue weighted by atomic mass is 35.7. The molecule has 0 N–H and O–H groups in total. The highest BCUT2D eigenvalue weighted by molar-refractivity contribution is 8.13. The zero-order chi connectivity index (χ0) is 15.7. The Morgan fingerprint density at radius 3 is 2.19 bits per heavy atom. The summed E-state index contributed by atoms with van der Waals surface area (Å²) in [4.78, 5) is 0.0368. The van der Waals surface area contributed by atoms with Crippen molar-refractivity contribution < 1.29 is 13.2 Å². The average molecular weight is 327 g/mol. The minimum atomic E-state index is -3.72. The van der Waals surface area contributed by atoms with E-state index in [9.17, 15) is 8.42 Å². The Morgan fingerprint density at radius 2 is 1.62 bits per heavy atom. The standard InChI is InChI=1S/C13H11ClO3S.C3H8/c14-18(15,16)13-8-4-7-12(9-13)17-10-11-5-2-1-3-6-11;1-3-2/h1-9H,10H2;3H2,1-2H3. The Kier molecular flexibility index (Phi) is 7.26. The molecule has 0 aliphatic rings. The molecule has 0 aliphatic heterocycles. The molecule has 0 saturated carbocycles. The van der Waals surface area contributed by atoms with Crippen molar-refractivity contribution in [2.24, 2.45) is 0 Å². The van der Waals surface area contributed by atoms with Gasteiger partial charge < -0.3 is 4.74 Å². The molecule has 0 fully saturated rings. The second-order valence-corrected chi connectivity index (χ2v) is 6.96. The Balaban J connectivity index is 0.000000677. The zero-order valence-corrected chi connectivity index (χ0v) is 13.7. The first kappa shape index (κ1) is 17.5. The molecule has 21 heavy (non-hydrogen) atoms. The van der Waals surface area contributed by atoms with E-state index in [1.54, 1.807) is 12.1 Å². The maximum atomic E-state index is 11.2. The van der Waals surface area contributed by atoms with Gasteiger partial charge in [0.2, 0.25) is 0 Å². The molecule has 0 radical (unpaired) electrons. The molecule has 0 amide bonds. The molecule has 2 rings (SSSR count). The first-order chi connectivity index (χ1) is 9.97. The fourth-order valence-corrected chi connectivity index (χ4v) is 2.24. The van der Waals surface area contributed by atoms with Crippen LogP contribution in [0, 0.1) is 0 Å². The number of halogens is 1. The van der Waals surface area contributed by atoms with Gasteiger partial charge in [0.25, 0.3) is 9.05 Å². The van der Waals surface area contributed by atoms with Crippen molar-refractivity contribution in [3.8, 4) is 5.75 Å². The van der Waals surface area contributed by atoms with Gasteiger partial charge in [-0.25, -0.2) is 8.42 Å². The summed E-state index contributed by atoms with van der Waals surface area (Å²) in [5, 5.41) is 0. The molecule has 0 bridgehead atoms. The van der Waals surface area contributed by atoms with E-state index >= 15 is 0 Å². The third kappa shape index (κ3) is 6.65. The molecule has 0 aliphatic carbocycles. The lowest BCUT2D eigenvalue weighted by Gasteiger charge is -2.06. The van der Waals surface area contributed by atoms with Gasteiger partial charge >= 0.3 is 0 Å². The highest BCUT2D eigenvalue weighted by Gasteiger charge is 2.10. The molecule has 0 saturated heterocycles. The maximum absolute atomic E-state index is 11.2. The van der Waals surface area contributed by atoms with Crippen LogP contribution in [-0.2, 0) is 15.7 Å². The summed E-state index contributed by atoms with van der Waals surface area (Å²) in [5.41, 5.74) is 1.01. The SMILES string of the molecule is CCC.O=S(=O)(Cl)c1cccc(OCc2ccccc2)c1. The Hall–Kier alpha value is -1.52. The predicted octanol–water partition coefficient (Wildman–Crippen LogP) is 4.61. The lowest BCUT2D eigenvalue weighted by Crippen LogP contribution is -1.96. The van der Waals surface area contributed by atoms with Crippen LogP contribution in [0.4, 0.5) is 0 Å². The monoisotopic (exact) mass is 326 g/mol. The van der Waals surface area contributed by atoms with Crippen molar-refractivity contribution in [1.82, 2.24) is 0 Å². The second-order valence-electron chi connectivity index (χ2n) is 4.39. The fraction of sp³-hybridized carbons (Fsp3) is 0.250. The van der Waals surface area contributed by atoms with Crippen LogP contribution in [0.15, 0.2) is 59.5 Å². The van der Waals surface area contributed by atoms with Crippen molar-refractivity contribution in [3.63, 3.8) is 0 Å². The lowest BCUT2D eigenvalue weighted by atomic mass is 10.2. The van der Waals surface area contributed by atoms with Crippen LogP contribution in [0.2, 0.25) is 0 Å². The van der Waals surface area contributed by atoms with Crippen molar-refractivity contribution in [1.29, 1.82) is 0 Å². The summed E-state index contributed by atoms with van der Waals surface area (Å²) in [5.74, 6) is 0.473. The van der Waals surface area contributed by atoms with Crippen molar-refractivity contribution in [2.75, 3.05) is 0 Å². The van der Waals surface area contributed by atoms with Crippen LogP contribution in [0.1, 0.15) is 25.8 Å². The first-order valence-electron chi connectivity index (χ1n) is 6.68. The van der Waals surface area contributed by atoms with E-state index in [4.69, 9.17) is 15.4 Å². The van der Waals surface area contributed by atoms with Gasteiger partial charge in [-0.3, -0.25) is 0 Å². The normalized spacial score (nSPS) is 10.4. The van der Waals surface area contributed by atoms with E-state index in [0.29, 0.717) is 12.4 Å². The van der Waals surface area contributed by atoms with Gasteiger partial charge in [0.05, 0.1) is 4.90 Å². The largest absolute Gasteiger partial charge is 0.489 e. The Bertz CT molecular complexity index is 640. The Morgan fingerprint density at radius 1 is 1.00 bits per heavy atom. The van der Waals surface area contributed by atoms with E-state index in [2.05, 4.69) is 13.8 Å². The van der Waals surface area contributed by atoms with Crippen LogP contribution in [0.25, 0.3) is 0 Å². The van der Waals surface area contributed by atoms with Gasteiger partial charge in [0.1, 0.15) is 12.4 Å². The van der Waals surface area contributed by atoms with Crippen LogP contribution in [-0.4, -0.2) is 8.42 Å². The van der Waals surface area contributed by atoms with E-state index < -0.39 is 9.05 Å². The number of hydrogen-bond acceptors (Lipinski definition) is 3. The van der Waals surface area contributed by atoms with E-state index in [0.717, 1.165) is 5.56 Å². The number of benzene rings is 2.